The highest BCUT2D eigenvalue weighted by Gasteiger charge is 2.52. The zero-order chi connectivity index (χ0) is 16.7. The monoisotopic (exact) mass is 334 g/mol. The third-order valence-electron chi connectivity index (χ3n) is 5.42. The second-order valence-electron chi connectivity index (χ2n) is 6.88. The Kier molecular flexibility index (Phi) is 3.76. The molecule has 24 heavy (non-hydrogen) atoms. The van der Waals surface area contributed by atoms with Gasteiger partial charge in [0.1, 0.15) is 6.61 Å². The van der Waals surface area contributed by atoms with E-state index in [1.165, 1.54) is 0 Å². The fourth-order valence-corrected chi connectivity index (χ4v) is 3.97. The molecule has 9 heteroatoms. The van der Waals surface area contributed by atoms with E-state index >= 15 is 0 Å². The van der Waals surface area contributed by atoms with Gasteiger partial charge < -0.3 is 24.8 Å². The van der Waals surface area contributed by atoms with Crippen LogP contribution < -0.4 is 10.6 Å². The second kappa shape index (κ2) is 5.82. The fourth-order valence-electron chi connectivity index (χ4n) is 3.97. The number of methoxy groups -OCH3 is 1. The predicted molar refractivity (Wildman–Crippen MR) is 82.6 cm³/mol. The molecular weight excluding hydrogens is 312 g/mol. The summed E-state index contributed by atoms with van der Waals surface area (Å²) < 4.78 is 7.15. The number of carbonyl (C=O) groups is 2. The number of hydrogen-bond donors (Lipinski definition) is 2. The minimum absolute atomic E-state index is 0.0446. The van der Waals surface area contributed by atoms with Crippen LogP contribution in [0.3, 0.4) is 0 Å². The first kappa shape index (κ1) is 15.5. The van der Waals surface area contributed by atoms with Gasteiger partial charge in [0.05, 0.1) is 12.5 Å². The Morgan fingerprint density at radius 3 is 2.92 bits per heavy atom. The topological polar surface area (TPSA) is 101 Å². The molecule has 130 valence electrons. The van der Waals surface area contributed by atoms with Crippen LogP contribution in [0.5, 0.6) is 0 Å². The molecule has 1 unspecified atom stereocenters. The summed E-state index contributed by atoms with van der Waals surface area (Å²) in [5, 5.41) is 14.4. The van der Waals surface area contributed by atoms with Crippen molar-refractivity contribution < 1.29 is 14.3 Å². The lowest BCUT2D eigenvalue weighted by atomic mass is 9.65. The molecule has 0 radical (unpaired) electrons. The molecule has 4 rings (SSSR count). The number of amides is 2. The quantitative estimate of drug-likeness (QED) is 0.697. The standard InChI is InChI=1S/C15H22N6O3/c1-24-7-12-19-18-11-6-20(2-3-21(11)12)14(23)10-5-17-13(22)4-15(10)8-16-9-15/h10,16H,2-9H2,1H3,(H,17,22). The van der Waals surface area contributed by atoms with Crippen LogP contribution in [0.1, 0.15) is 18.1 Å². The maximum absolute atomic E-state index is 13.1. The average molecular weight is 334 g/mol. The van der Waals surface area contributed by atoms with Gasteiger partial charge in [0.25, 0.3) is 0 Å². The Bertz CT molecular complexity index is 668. The van der Waals surface area contributed by atoms with E-state index in [0.717, 1.165) is 24.7 Å². The predicted octanol–water partition coefficient (Wildman–Crippen LogP) is -1.51. The van der Waals surface area contributed by atoms with Crippen LogP contribution in [0, 0.1) is 11.3 Å². The highest BCUT2D eigenvalue weighted by Crippen LogP contribution is 2.39. The lowest BCUT2D eigenvalue weighted by Gasteiger charge is -2.50. The van der Waals surface area contributed by atoms with E-state index < -0.39 is 0 Å². The molecular formula is C15H22N6O3. The van der Waals surface area contributed by atoms with Crippen LogP contribution in [0.15, 0.2) is 0 Å². The van der Waals surface area contributed by atoms with Gasteiger partial charge in [-0.2, -0.15) is 0 Å². The zero-order valence-corrected chi connectivity index (χ0v) is 13.7. The van der Waals surface area contributed by atoms with Crippen molar-refractivity contribution >= 4 is 11.8 Å². The molecule has 1 aromatic heterocycles. The van der Waals surface area contributed by atoms with Gasteiger partial charge in [-0.3, -0.25) is 9.59 Å². The van der Waals surface area contributed by atoms with E-state index in [0.29, 0.717) is 39.2 Å². The molecule has 9 nitrogen and oxygen atoms in total. The molecule has 0 bridgehead atoms. The van der Waals surface area contributed by atoms with Crippen LogP contribution in [0.25, 0.3) is 0 Å². The molecule has 3 aliphatic rings. The van der Waals surface area contributed by atoms with E-state index in [4.69, 9.17) is 4.74 Å². The van der Waals surface area contributed by atoms with Gasteiger partial charge >= 0.3 is 0 Å². The number of ether oxygens (including phenoxy) is 1. The number of piperidine rings is 1. The van der Waals surface area contributed by atoms with Gasteiger partial charge in [-0.1, -0.05) is 0 Å². The number of carbonyl (C=O) groups excluding carboxylic acids is 2. The van der Waals surface area contributed by atoms with Crippen LogP contribution >= 0.6 is 0 Å². The van der Waals surface area contributed by atoms with Gasteiger partial charge in [0.15, 0.2) is 11.6 Å². The summed E-state index contributed by atoms with van der Waals surface area (Å²) >= 11 is 0. The van der Waals surface area contributed by atoms with Crippen molar-refractivity contribution in [2.75, 3.05) is 33.3 Å². The van der Waals surface area contributed by atoms with Gasteiger partial charge in [0, 0.05) is 51.7 Å². The molecule has 0 aliphatic carbocycles. The number of rotatable bonds is 3. The largest absolute Gasteiger partial charge is 0.377 e. The first-order valence-electron chi connectivity index (χ1n) is 8.29. The second-order valence-corrected chi connectivity index (χ2v) is 6.88. The highest BCUT2D eigenvalue weighted by molar-refractivity contribution is 5.85. The Labute approximate surface area is 139 Å². The number of fused-ring (bicyclic) bond motifs is 1. The highest BCUT2D eigenvalue weighted by atomic mass is 16.5. The molecule has 1 spiro atoms. The minimum Gasteiger partial charge on any atom is -0.377 e. The average Bonchev–Trinajstić information content (AvgIpc) is 2.95. The normalized spacial score (nSPS) is 25.1. The summed E-state index contributed by atoms with van der Waals surface area (Å²) in [5.74, 6) is 1.58. The van der Waals surface area contributed by atoms with E-state index in [1.54, 1.807) is 7.11 Å². The summed E-state index contributed by atoms with van der Waals surface area (Å²) in [6.07, 6.45) is 0.429. The van der Waals surface area contributed by atoms with Crippen molar-refractivity contribution in [3.8, 4) is 0 Å². The molecule has 1 aromatic rings. The first-order chi connectivity index (χ1) is 11.6. The molecule has 3 aliphatic heterocycles. The van der Waals surface area contributed by atoms with E-state index in [9.17, 15) is 9.59 Å². The molecule has 1 atom stereocenters. The molecule has 0 aromatic carbocycles. The Hall–Kier alpha value is -2.00. The molecule has 2 fully saturated rings. The van der Waals surface area contributed by atoms with Gasteiger partial charge in [-0.05, 0) is 0 Å². The minimum atomic E-state index is -0.217. The van der Waals surface area contributed by atoms with Crippen LogP contribution in [-0.4, -0.2) is 64.8 Å². The van der Waals surface area contributed by atoms with Crippen molar-refractivity contribution in [2.24, 2.45) is 11.3 Å². The number of nitrogens with one attached hydrogen (secondary N) is 2. The number of nitrogens with zero attached hydrogens (tertiary/aromatic N) is 4. The van der Waals surface area contributed by atoms with Gasteiger partial charge in [-0.25, -0.2) is 0 Å². The van der Waals surface area contributed by atoms with Crippen molar-refractivity contribution in [3.05, 3.63) is 11.6 Å². The summed E-state index contributed by atoms with van der Waals surface area (Å²) in [4.78, 5) is 26.7. The van der Waals surface area contributed by atoms with Crippen LogP contribution in [-0.2, 0) is 34.0 Å². The van der Waals surface area contributed by atoms with Crippen molar-refractivity contribution in [1.29, 1.82) is 0 Å². The smallest absolute Gasteiger partial charge is 0.228 e. The van der Waals surface area contributed by atoms with Gasteiger partial charge in [-0.15, -0.1) is 10.2 Å². The Morgan fingerprint density at radius 2 is 2.21 bits per heavy atom. The summed E-state index contributed by atoms with van der Waals surface area (Å²) in [5.41, 5.74) is -0.217. The SMILES string of the molecule is COCc1nnc2n1CCN(C(=O)C1CNC(=O)CC13CNC3)C2. The van der Waals surface area contributed by atoms with Crippen molar-refractivity contribution in [1.82, 2.24) is 30.3 Å². The summed E-state index contributed by atoms with van der Waals surface area (Å²) in [7, 11) is 1.63. The van der Waals surface area contributed by atoms with E-state index in [2.05, 4.69) is 20.8 Å². The van der Waals surface area contributed by atoms with E-state index in [1.807, 2.05) is 9.47 Å². The maximum Gasteiger partial charge on any atom is 0.228 e. The molecule has 2 N–H and O–H groups in total. The first-order valence-corrected chi connectivity index (χ1v) is 8.29. The van der Waals surface area contributed by atoms with Crippen LogP contribution in [0.2, 0.25) is 0 Å². The van der Waals surface area contributed by atoms with Gasteiger partial charge in [0.2, 0.25) is 11.8 Å². The number of aromatic nitrogens is 3. The lowest BCUT2D eigenvalue weighted by Crippen LogP contribution is -2.67. The molecule has 2 amide bonds. The fraction of sp³-hybridized carbons (Fsp3) is 0.733. The van der Waals surface area contributed by atoms with Crippen molar-refractivity contribution in [2.45, 2.75) is 26.1 Å². The summed E-state index contributed by atoms with van der Waals surface area (Å²) in [6.45, 7) is 4.09. The zero-order valence-electron chi connectivity index (χ0n) is 13.7. The van der Waals surface area contributed by atoms with Crippen molar-refractivity contribution in [3.63, 3.8) is 0 Å². The maximum atomic E-state index is 13.1. The molecule has 2 saturated heterocycles. The number of hydrogen-bond acceptors (Lipinski definition) is 6. The lowest BCUT2D eigenvalue weighted by molar-refractivity contribution is -0.149. The molecule has 4 heterocycles. The Balaban J connectivity index is 1.50. The Morgan fingerprint density at radius 1 is 1.38 bits per heavy atom. The third-order valence-corrected chi connectivity index (χ3v) is 5.42. The van der Waals surface area contributed by atoms with E-state index in [-0.39, 0.29) is 23.1 Å². The summed E-state index contributed by atoms with van der Waals surface area (Å²) in [6, 6.07) is 0. The van der Waals surface area contributed by atoms with Crippen LogP contribution in [0.4, 0.5) is 0 Å². The molecule has 0 saturated carbocycles. The third kappa shape index (κ3) is 2.39.